The smallest absolute Gasteiger partial charge is 0.246 e. The zero-order chi connectivity index (χ0) is 16.8. The van der Waals surface area contributed by atoms with Gasteiger partial charge in [0.25, 0.3) is 0 Å². The molecule has 0 radical (unpaired) electrons. The number of anilines is 1. The molecule has 0 aliphatic heterocycles. The minimum atomic E-state index is -0.406. The Morgan fingerprint density at radius 1 is 1.00 bits per heavy atom. The van der Waals surface area contributed by atoms with Gasteiger partial charge >= 0.3 is 0 Å². The van der Waals surface area contributed by atoms with Crippen molar-refractivity contribution in [2.45, 2.75) is 12.6 Å². The lowest BCUT2D eigenvalue weighted by atomic mass is 10.0. The van der Waals surface area contributed by atoms with E-state index in [2.05, 4.69) is 5.32 Å². The molecular weight excluding hydrogens is 300 g/mol. The van der Waals surface area contributed by atoms with Gasteiger partial charge in [-0.2, -0.15) is 0 Å². The van der Waals surface area contributed by atoms with Gasteiger partial charge in [-0.25, -0.2) is 0 Å². The predicted molar refractivity (Wildman–Crippen MR) is 94.4 cm³/mol. The molecule has 1 amide bonds. The Balaban J connectivity index is 1.83. The SMILES string of the molecule is CN(Cc1ccco1)C(C(=O)Nc1ccccc1)c1ccccc1. The van der Waals surface area contributed by atoms with E-state index in [1.54, 1.807) is 6.26 Å². The Morgan fingerprint density at radius 3 is 2.29 bits per heavy atom. The third kappa shape index (κ3) is 3.91. The Hall–Kier alpha value is -2.85. The molecule has 0 saturated heterocycles. The number of hydrogen-bond donors (Lipinski definition) is 1. The van der Waals surface area contributed by atoms with Gasteiger partial charge in [0.1, 0.15) is 11.8 Å². The van der Waals surface area contributed by atoms with Crippen LogP contribution in [0.15, 0.2) is 83.5 Å². The average molecular weight is 320 g/mol. The van der Waals surface area contributed by atoms with Crippen LogP contribution < -0.4 is 5.32 Å². The summed E-state index contributed by atoms with van der Waals surface area (Å²) in [7, 11) is 1.92. The first-order valence-electron chi connectivity index (χ1n) is 7.87. The molecule has 2 aromatic carbocycles. The van der Waals surface area contributed by atoms with E-state index in [0.29, 0.717) is 6.54 Å². The lowest BCUT2D eigenvalue weighted by Crippen LogP contribution is -2.34. The van der Waals surface area contributed by atoms with Crippen molar-refractivity contribution >= 4 is 11.6 Å². The zero-order valence-corrected chi connectivity index (χ0v) is 13.6. The monoisotopic (exact) mass is 320 g/mol. The molecule has 0 aliphatic carbocycles. The summed E-state index contributed by atoms with van der Waals surface area (Å²) in [6.45, 7) is 0.550. The number of likely N-dealkylation sites (N-methyl/N-ethyl adjacent to an activating group) is 1. The Kier molecular flexibility index (Phi) is 5.08. The van der Waals surface area contributed by atoms with Gasteiger partial charge in [-0.15, -0.1) is 0 Å². The highest BCUT2D eigenvalue weighted by Gasteiger charge is 2.25. The summed E-state index contributed by atoms with van der Waals surface area (Å²) in [6.07, 6.45) is 1.64. The highest BCUT2D eigenvalue weighted by molar-refractivity contribution is 5.95. The van der Waals surface area contributed by atoms with Crippen LogP contribution in [0.25, 0.3) is 0 Å². The van der Waals surface area contributed by atoms with Crippen molar-refractivity contribution in [3.63, 3.8) is 0 Å². The predicted octanol–water partition coefficient (Wildman–Crippen LogP) is 4.09. The summed E-state index contributed by atoms with van der Waals surface area (Å²) >= 11 is 0. The normalized spacial score (nSPS) is 12.1. The van der Waals surface area contributed by atoms with Crippen molar-refractivity contribution in [2.75, 3.05) is 12.4 Å². The van der Waals surface area contributed by atoms with E-state index in [-0.39, 0.29) is 5.91 Å². The maximum Gasteiger partial charge on any atom is 0.246 e. The van der Waals surface area contributed by atoms with Gasteiger partial charge in [-0.05, 0) is 36.9 Å². The molecule has 1 N–H and O–H groups in total. The van der Waals surface area contributed by atoms with E-state index >= 15 is 0 Å². The topological polar surface area (TPSA) is 45.5 Å². The minimum Gasteiger partial charge on any atom is -0.468 e. The third-order valence-electron chi connectivity index (χ3n) is 3.83. The van der Waals surface area contributed by atoms with Crippen LogP contribution in [0.1, 0.15) is 17.4 Å². The van der Waals surface area contributed by atoms with E-state index < -0.39 is 6.04 Å². The molecule has 1 unspecified atom stereocenters. The molecule has 0 fully saturated rings. The number of carbonyl (C=O) groups is 1. The number of nitrogens with zero attached hydrogens (tertiary/aromatic N) is 1. The number of nitrogens with one attached hydrogen (secondary N) is 1. The summed E-state index contributed by atoms with van der Waals surface area (Å²) in [4.78, 5) is 14.9. The second kappa shape index (κ2) is 7.62. The first-order chi connectivity index (χ1) is 11.7. The fourth-order valence-corrected chi connectivity index (χ4v) is 2.71. The maximum absolute atomic E-state index is 12.9. The summed E-state index contributed by atoms with van der Waals surface area (Å²) in [5.41, 5.74) is 1.73. The standard InChI is InChI=1S/C20H20N2O2/c1-22(15-18-13-8-14-24-18)19(16-9-4-2-5-10-16)20(23)21-17-11-6-3-7-12-17/h2-14,19H,15H2,1H3,(H,21,23). The van der Waals surface area contributed by atoms with E-state index in [9.17, 15) is 4.79 Å². The summed E-state index contributed by atoms with van der Waals surface area (Å²) in [5, 5.41) is 2.99. The van der Waals surface area contributed by atoms with Gasteiger partial charge in [0, 0.05) is 5.69 Å². The van der Waals surface area contributed by atoms with Crippen LogP contribution in [0.2, 0.25) is 0 Å². The molecule has 1 aromatic heterocycles. The van der Waals surface area contributed by atoms with Gasteiger partial charge in [0.15, 0.2) is 0 Å². The lowest BCUT2D eigenvalue weighted by molar-refractivity contribution is -0.121. The molecule has 0 spiro atoms. The Labute approximate surface area is 141 Å². The number of hydrogen-bond acceptors (Lipinski definition) is 3. The van der Waals surface area contributed by atoms with E-state index in [1.165, 1.54) is 0 Å². The fourth-order valence-electron chi connectivity index (χ4n) is 2.71. The first-order valence-corrected chi connectivity index (χ1v) is 7.87. The second-order valence-corrected chi connectivity index (χ2v) is 5.66. The van der Waals surface area contributed by atoms with Crippen molar-refractivity contribution in [2.24, 2.45) is 0 Å². The van der Waals surface area contributed by atoms with Gasteiger partial charge in [-0.3, -0.25) is 9.69 Å². The maximum atomic E-state index is 12.9. The molecule has 3 rings (SSSR count). The molecule has 4 nitrogen and oxygen atoms in total. The van der Waals surface area contributed by atoms with Crippen molar-refractivity contribution in [3.8, 4) is 0 Å². The molecule has 3 aromatic rings. The number of furan rings is 1. The molecule has 24 heavy (non-hydrogen) atoms. The van der Waals surface area contributed by atoms with Crippen LogP contribution >= 0.6 is 0 Å². The van der Waals surface area contributed by atoms with Gasteiger partial charge < -0.3 is 9.73 Å². The number of amides is 1. The molecule has 1 atom stereocenters. The number of para-hydroxylation sites is 1. The quantitative estimate of drug-likeness (QED) is 0.744. The van der Waals surface area contributed by atoms with Crippen molar-refractivity contribution in [3.05, 3.63) is 90.4 Å². The Bertz CT molecular complexity index is 755. The second-order valence-electron chi connectivity index (χ2n) is 5.66. The molecule has 0 aliphatic rings. The number of benzene rings is 2. The molecule has 0 saturated carbocycles. The van der Waals surface area contributed by atoms with Crippen molar-refractivity contribution in [1.82, 2.24) is 4.90 Å². The van der Waals surface area contributed by atoms with Crippen LogP contribution in [0, 0.1) is 0 Å². The van der Waals surface area contributed by atoms with E-state index in [0.717, 1.165) is 17.0 Å². The molecule has 0 bridgehead atoms. The molecular formula is C20H20N2O2. The van der Waals surface area contributed by atoms with Crippen LogP contribution in [0.4, 0.5) is 5.69 Å². The van der Waals surface area contributed by atoms with Gasteiger partial charge in [-0.1, -0.05) is 48.5 Å². The van der Waals surface area contributed by atoms with Gasteiger partial charge in [0.05, 0.1) is 12.8 Å². The lowest BCUT2D eigenvalue weighted by Gasteiger charge is -2.27. The molecule has 122 valence electrons. The highest BCUT2D eigenvalue weighted by Crippen LogP contribution is 2.23. The molecule has 1 heterocycles. The zero-order valence-electron chi connectivity index (χ0n) is 13.6. The van der Waals surface area contributed by atoms with E-state index in [4.69, 9.17) is 4.42 Å². The first kappa shape index (κ1) is 16.0. The summed E-state index contributed by atoms with van der Waals surface area (Å²) in [5.74, 6) is 0.757. The van der Waals surface area contributed by atoms with Crippen molar-refractivity contribution in [1.29, 1.82) is 0 Å². The summed E-state index contributed by atoms with van der Waals surface area (Å²) in [6, 6.07) is 22.6. The average Bonchev–Trinajstić information content (AvgIpc) is 3.10. The highest BCUT2D eigenvalue weighted by atomic mass is 16.3. The summed E-state index contributed by atoms with van der Waals surface area (Å²) < 4.78 is 5.41. The van der Waals surface area contributed by atoms with Crippen LogP contribution in [-0.4, -0.2) is 17.9 Å². The van der Waals surface area contributed by atoms with E-state index in [1.807, 2.05) is 84.7 Å². The number of carbonyl (C=O) groups excluding carboxylic acids is 1. The van der Waals surface area contributed by atoms with Crippen LogP contribution in [0.3, 0.4) is 0 Å². The molecule has 4 heteroatoms. The number of rotatable bonds is 6. The van der Waals surface area contributed by atoms with Crippen LogP contribution in [-0.2, 0) is 11.3 Å². The van der Waals surface area contributed by atoms with Crippen LogP contribution in [0.5, 0.6) is 0 Å². The third-order valence-corrected chi connectivity index (χ3v) is 3.83. The van der Waals surface area contributed by atoms with Crippen molar-refractivity contribution < 1.29 is 9.21 Å². The van der Waals surface area contributed by atoms with Gasteiger partial charge in [0.2, 0.25) is 5.91 Å². The Morgan fingerprint density at radius 2 is 1.67 bits per heavy atom. The fraction of sp³-hybridized carbons (Fsp3) is 0.150. The largest absolute Gasteiger partial charge is 0.468 e. The minimum absolute atomic E-state index is 0.0681.